The number of carbonyl (C=O) groups is 1. The zero-order valence-corrected chi connectivity index (χ0v) is 15.9. The van der Waals surface area contributed by atoms with E-state index in [1.165, 1.54) is 18.2 Å². The Hall–Kier alpha value is -2.08. The van der Waals surface area contributed by atoms with Crippen molar-refractivity contribution in [3.8, 4) is 11.5 Å². The number of Topliss-reactive ketones (excluding diaryl/α,β-unsaturated/α-hetero) is 1. The van der Waals surface area contributed by atoms with E-state index >= 15 is 0 Å². The fourth-order valence-corrected chi connectivity index (χ4v) is 2.22. The van der Waals surface area contributed by atoms with E-state index in [2.05, 4.69) is 5.32 Å². The Labute approximate surface area is 175 Å². The van der Waals surface area contributed by atoms with Crippen LogP contribution in [0.4, 0.5) is 0 Å². The maximum absolute atomic E-state index is 12.9. The topological polar surface area (TPSA) is 78.8 Å². The summed E-state index contributed by atoms with van der Waals surface area (Å²) in [5, 5.41) is 22.9. The Morgan fingerprint density at radius 2 is 2.07 bits per heavy atom. The SMILES string of the molecule is Cl.[2H]c1c([2H])c([2H])c(C([2H])CC(=O)c2cc(O)ccc2OCC(O)CNCCC)c([2H])c1[2H]. The zero-order chi connectivity index (χ0) is 24.0. The van der Waals surface area contributed by atoms with Crippen LogP contribution >= 0.6 is 12.4 Å². The number of phenolic OH excluding ortho intramolecular Hbond substituents is 1. The van der Waals surface area contributed by atoms with Crippen LogP contribution in [0.15, 0.2) is 48.4 Å². The van der Waals surface area contributed by atoms with E-state index in [4.69, 9.17) is 13.0 Å². The highest BCUT2D eigenvalue weighted by molar-refractivity contribution is 5.99. The number of rotatable bonds is 11. The van der Waals surface area contributed by atoms with E-state index in [9.17, 15) is 15.0 Å². The number of phenols is 1. The fraction of sp³-hybridized carbons (Fsp3) is 0.381. The largest absolute Gasteiger partial charge is 0.508 e. The first kappa shape index (κ1) is 14.9. The van der Waals surface area contributed by atoms with Gasteiger partial charge in [0.1, 0.15) is 24.2 Å². The lowest BCUT2D eigenvalue weighted by Gasteiger charge is -2.15. The molecule has 0 saturated heterocycles. The van der Waals surface area contributed by atoms with Crippen molar-refractivity contribution in [3.05, 3.63) is 59.5 Å². The molecule has 2 unspecified atom stereocenters. The fourth-order valence-electron chi connectivity index (χ4n) is 2.22. The van der Waals surface area contributed by atoms with Gasteiger partial charge < -0.3 is 20.3 Å². The molecule has 0 amide bonds. The van der Waals surface area contributed by atoms with Crippen LogP contribution in [0.2, 0.25) is 0 Å². The van der Waals surface area contributed by atoms with Crippen molar-refractivity contribution in [2.24, 2.45) is 0 Å². The molecule has 2 aromatic rings. The van der Waals surface area contributed by atoms with Crippen molar-refractivity contribution in [2.75, 3.05) is 19.7 Å². The van der Waals surface area contributed by atoms with Gasteiger partial charge in [-0.25, -0.2) is 0 Å². The Morgan fingerprint density at radius 3 is 2.78 bits per heavy atom. The predicted molar refractivity (Wildman–Crippen MR) is 109 cm³/mol. The van der Waals surface area contributed by atoms with Crippen LogP contribution in [0, 0.1) is 0 Å². The van der Waals surface area contributed by atoms with Gasteiger partial charge in [0, 0.05) is 14.3 Å². The zero-order valence-electron chi connectivity index (χ0n) is 21.0. The minimum Gasteiger partial charge on any atom is -0.508 e. The van der Waals surface area contributed by atoms with Gasteiger partial charge in [-0.05, 0) is 43.1 Å². The maximum atomic E-state index is 12.9. The van der Waals surface area contributed by atoms with Gasteiger partial charge in [-0.3, -0.25) is 4.79 Å². The van der Waals surface area contributed by atoms with Crippen LogP contribution in [0.1, 0.15) is 43.9 Å². The number of aliphatic hydroxyl groups is 1. The third-order valence-corrected chi connectivity index (χ3v) is 3.51. The van der Waals surface area contributed by atoms with Gasteiger partial charge in [-0.15, -0.1) is 12.4 Å². The molecule has 0 fully saturated rings. The molecule has 0 aliphatic heterocycles. The number of aromatic hydroxyl groups is 1. The van der Waals surface area contributed by atoms with Crippen LogP contribution in [-0.4, -0.2) is 41.8 Å². The Bertz CT molecular complexity index is 949. The van der Waals surface area contributed by atoms with Crippen LogP contribution < -0.4 is 10.1 Å². The van der Waals surface area contributed by atoms with Crippen molar-refractivity contribution in [3.63, 3.8) is 0 Å². The van der Waals surface area contributed by atoms with E-state index in [0.29, 0.717) is 6.54 Å². The molecule has 0 bridgehead atoms. The second-order valence-electron chi connectivity index (χ2n) is 5.72. The number of ketones is 1. The highest BCUT2D eigenvalue weighted by atomic mass is 35.5. The van der Waals surface area contributed by atoms with Crippen molar-refractivity contribution < 1.29 is 28.0 Å². The molecule has 2 aromatic carbocycles. The smallest absolute Gasteiger partial charge is 0.167 e. The molecule has 0 heterocycles. The summed E-state index contributed by atoms with van der Waals surface area (Å²) < 4.78 is 52.9. The molecule has 0 aliphatic carbocycles. The van der Waals surface area contributed by atoms with Gasteiger partial charge >= 0.3 is 0 Å². The minimum absolute atomic E-state index is 0. The molecule has 2 atom stereocenters. The molecule has 0 saturated carbocycles. The molecule has 0 radical (unpaired) electrons. The van der Waals surface area contributed by atoms with Gasteiger partial charge in [-0.2, -0.15) is 0 Å². The number of nitrogens with one attached hydrogen (secondary N) is 1. The molecule has 5 nitrogen and oxygen atoms in total. The summed E-state index contributed by atoms with van der Waals surface area (Å²) in [6.07, 6.45) is -1.83. The van der Waals surface area contributed by atoms with Gasteiger partial charge in [0.25, 0.3) is 0 Å². The van der Waals surface area contributed by atoms with Crippen LogP contribution in [0.5, 0.6) is 11.5 Å². The van der Waals surface area contributed by atoms with Gasteiger partial charge in [0.15, 0.2) is 5.78 Å². The maximum Gasteiger partial charge on any atom is 0.167 e. The lowest BCUT2D eigenvalue weighted by molar-refractivity contribution is 0.0950. The molecular weight excluding hydrogens is 366 g/mol. The second-order valence-corrected chi connectivity index (χ2v) is 5.72. The summed E-state index contributed by atoms with van der Waals surface area (Å²) >= 11 is 0. The van der Waals surface area contributed by atoms with Gasteiger partial charge in [0.2, 0.25) is 0 Å². The summed E-state index contributed by atoms with van der Waals surface area (Å²) in [4.78, 5) is 12.9. The molecule has 6 heteroatoms. The Kier molecular flexibility index (Phi) is 6.81. The normalized spacial score (nSPS) is 15.8. The van der Waals surface area contributed by atoms with E-state index in [1.54, 1.807) is 0 Å². The lowest BCUT2D eigenvalue weighted by atomic mass is 10.0. The van der Waals surface area contributed by atoms with Crippen LogP contribution in [-0.2, 0) is 6.40 Å². The molecular formula is C21H28ClNO4. The predicted octanol–water partition coefficient (Wildman–Crippen LogP) is 3.37. The van der Waals surface area contributed by atoms with Crippen LogP contribution in [0.3, 0.4) is 0 Å². The first-order valence-electron chi connectivity index (χ1n) is 11.5. The first-order chi connectivity index (χ1) is 15.1. The number of hydrogen-bond donors (Lipinski definition) is 3. The van der Waals surface area contributed by atoms with E-state index < -0.39 is 54.9 Å². The molecule has 2 rings (SSSR count). The standard InChI is InChI=1S/C21H27NO4.ClH/c1-2-12-22-14-18(24)15-26-21-11-9-17(23)13-19(21)20(25)10-8-16-6-4-3-5-7-16;/h3-7,9,11,13,18,22-24H,2,8,10,12,14-15H2,1H3;1H/i3D,4D,5D,6D,7D,8D;. The number of halogens is 1. The molecule has 0 aliphatic rings. The molecule has 0 aromatic heterocycles. The summed E-state index contributed by atoms with van der Waals surface area (Å²) in [5.41, 5.74) is -0.298. The number of carbonyl (C=O) groups excluding carboxylic acids is 1. The average molecular weight is 400 g/mol. The monoisotopic (exact) mass is 399 g/mol. The van der Waals surface area contributed by atoms with E-state index in [1.807, 2.05) is 6.92 Å². The van der Waals surface area contributed by atoms with Gasteiger partial charge in [0.05, 0.1) is 12.4 Å². The lowest BCUT2D eigenvalue weighted by Crippen LogP contribution is -2.32. The first-order valence-corrected chi connectivity index (χ1v) is 8.45. The summed E-state index contributed by atoms with van der Waals surface area (Å²) in [5.74, 6) is -0.702. The van der Waals surface area contributed by atoms with Crippen molar-refractivity contribution in [1.29, 1.82) is 0 Å². The molecule has 3 N–H and O–H groups in total. The van der Waals surface area contributed by atoms with Crippen LogP contribution in [0.25, 0.3) is 0 Å². The van der Waals surface area contributed by atoms with Crippen molar-refractivity contribution >= 4 is 18.2 Å². The van der Waals surface area contributed by atoms with Crippen molar-refractivity contribution in [1.82, 2.24) is 5.32 Å². The third kappa shape index (κ3) is 7.99. The van der Waals surface area contributed by atoms with Crippen molar-refractivity contribution in [2.45, 2.75) is 32.3 Å². The molecule has 0 spiro atoms. The van der Waals surface area contributed by atoms with E-state index in [-0.39, 0.29) is 41.6 Å². The highest BCUT2D eigenvalue weighted by Crippen LogP contribution is 2.25. The Balaban J connectivity index is 0.00000544. The van der Waals surface area contributed by atoms with E-state index in [0.717, 1.165) is 13.0 Å². The Morgan fingerprint density at radius 1 is 1.33 bits per heavy atom. The minimum atomic E-state index is -1.42. The number of hydrogen-bond acceptors (Lipinski definition) is 5. The third-order valence-electron chi connectivity index (χ3n) is 3.51. The second kappa shape index (κ2) is 12.3. The molecule has 27 heavy (non-hydrogen) atoms. The summed E-state index contributed by atoms with van der Waals surface area (Å²) in [7, 11) is 0. The summed E-state index contributed by atoms with van der Waals surface area (Å²) in [6, 6.07) is 1.10. The number of aliphatic hydroxyl groups excluding tert-OH is 1. The average Bonchev–Trinajstić information content (AvgIpc) is 2.75. The number of benzene rings is 2. The van der Waals surface area contributed by atoms with Gasteiger partial charge in [-0.1, -0.05) is 37.1 Å². The molecule has 148 valence electrons. The highest BCUT2D eigenvalue weighted by Gasteiger charge is 2.15. The summed E-state index contributed by atoms with van der Waals surface area (Å²) in [6.45, 7) is 2.94. The number of ether oxygens (including phenoxy) is 1. The quantitative estimate of drug-likeness (QED) is 0.399.